The molecule has 15 nitrogen and oxygen atoms in total. The third-order valence-corrected chi connectivity index (χ3v) is 15.3. The van der Waals surface area contributed by atoms with Crippen molar-refractivity contribution in [2.45, 2.75) is 64.1 Å². The van der Waals surface area contributed by atoms with Gasteiger partial charge in [0.25, 0.3) is 0 Å². The van der Waals surface area contributed by atoms with Gasteiger partial charge in [-0.05, 0) is 117 Å². The Morgan fingerprint density at radius 2 is 1.27 bits per heavy atom. The number of aliphatic imine (C=N–C) groups is 2. The molecule has 324 valence electrons. The maximum absolute atomic E-state index is 13.3. The van der Waals surface area contributed by atoms with Crippen LogP contribution in [0.2, 0.25) is 0 Å². The lowest BCUT2D eigenvalue weighted by Crippen LogP contribution is -2.39. The van der Waals surface area contributed by atoms with Crippen molar-refractivity contribution < 1.29 is 24.2 Å². The van der Waals surface area contributed by atoms with Gasteiger partial charge in [-0.15, -0.1) is 22.7 Å². The number of aliphatic carboxylic acids is 1. The Kier molecular flexibility index (Phi) is 11.0. The van der Waals surface area contributed by atoms with E-state index in [0.717, 1.165) is 122 Å². The molecule has 5 aliphatic rings. The van der Waals surface area contributed by atoms with E-state index in [-0.39, 0.29) is 11.8 Å². The number of ether oxygens (including phenoxy) is 2. The number of rotatable bonds is 9. The minimum atomic E-state index is -0.725. The number of benzene rings is 2. The zero-order valence-corrected chi connectivity index (χ0v) is 37.2. The minimum Gasteiger partial charge on any atom is -0.495 e. The number of carboxylic acid groups (broad SMARTS) is 1. The van der Waals surface area contributed by atoms with Crippen molar-refractivity contribution in [3.63, 3.8) is 0 Å². The van der Waals surface area contributed by atoms with Crippen LogP contribution < -0.4 is 20.1 Å². The van der Waals surface area contributed by atoms with Crippen molar-refractivity contribution in [1.29, 1.82) is 0 Å². The summed E-state index contributed by atoms with van der Waals surface area (Å²) in [4.78, 5) is 60.0. The number of carbonyl (C=O) groups is 2. The van der Waals surface area contributed by atoms with E-state index >= 15 is 0 Å². The molecular formula is C46H48N10O5S2. The first-order chi connectivity index (χ1) is 30.6. The largest absolute Gasteiger partial charge is 0.495 e. The molecule has 17 heteroatoms. The van der Waals surface area contributed by atoms with Gasteiger partial charge in [0.2, 0.25) is 5.91 Å². The molecule has 0 spiro atoms. The summed E-state index contributed by atoms with van der Waals surface area (Å²) >= 11 is 3.27. The molecule has 0 bridgehead atoms. The average Bonchev–Trinajstić information content (AvgIpc) is 4.15. The molecule has 3 aliphatic heterocycles. The highest BCUT2D eigenvalue weighted by atomic mass is 32.1. The highest BCUT2D eigenvalue weighted by Gasteiger charge is 2.35. The summed E-state index contributed by atoms with van der Waals surface area (Å²) in [5.74, 6) is 2.35. The van der Waals surface area contributed by atoms with E-state index < -0.39 is 5.97 Å². The molecule has 6 aromatic rings. The number of likely N-dealkylation sites (tertiary alicyclic amines) is 1. The van der Waals surface area contributed by atoms with Crippen molar-refractivity contribution >= 4 is 90.4 Å². The molecule has 2 aliphatic carbocycles. The first-order valence-electron chi connectivity index (χ1n) is 21.3. The minimum absolute atomic E-state index is 0.0527. The molecule has 0 radical (unpaired) electrons. The van der Waals surface area contributed by atoms with E-state index in [2.05, 4.69) is 70.5 Å². The van der Waals surface area contributed by atoms with E-state index in [0.29, 0.717) is 37.9 Å². The second-order valence-corrected chi connectivity index (χ2v) is 19.1. The van der Waals surface area contributed by atoms with E-state index in [4.69, 9.17) is 9.47 Å². The number of fused-ring (bicyclic) bond motifs is 8. The Hall–Kier alpha value is -6.04. The Morgan fingerprint density at radius 3 is 1.76 bits per heavy atom. The van der Waals surface area contributed by atoms with Gasteiger partial charge in [0.05, 0.1) is 55.4 Å². The Balaban J connectivity index is 0.000000153. The number of thiophene rings is 2. The quantitative estimate of drug-likeness (QED) is 0.133. The van der Waals surface area contributed by atoms with Gasteiger partial charge < -0.3 is 35.0 Å². The lowest BCUT2D eigenvalue weighted by molar-refractivity contribution is -0.142. The van der Waals surface area contributed by atoms with E-state index in [1.54, 1.807) is 49.5 Å². The number of likely N-dealkylation sites (N-methyl/N-ethyl adjacent to an activating group) is 1. The first-order valence-corrected chi connectivity index (χ1v) is 22.9. The summed E-state index contributed by atoms with van der Waals surface area (Å²) in [6, 6.07) is 8.61. The predicted octanol–water partition coefficient (Wildman–Crippen LogP) is 7.21. The maximum Gasteiger partial charge on any atom is 0.306 e. The number of amides is 1. The molecule has 1 amide bonds. The summed E-state index contributed by atoms with van der Waals surface area (Å²) in [7, 11) is 7.53. The van der Waals surface area contributed by atoms with Crippen LogP contribution >= 0.6 is 22.7 Å². The monoisotopic (exact) mass is 884 g/mol. The fourth-order valence-electron chi connectivity index (χ4n) is 9.52. The van der Waals surface area contributed by atoms with Gasteiger partial charge in [-0.2, -0.15) is 0 Å². The van der Waals surface area contributed by atoms with Crippen LogP contribution in [0.25, 0.3) is 20.4 Å². The fourth-order valence-corrected chi connectivity index (χ4v) is 12.1. The normalized spacial score (nSPS) is 19.4. The van der Waals surface area contributed by atoms with Gasteiger partial charge >= 0.3 is 5.97 Å². The lowest BCUT2D eigenvalue weighted by Gasteiger charge is -2.27. The predicted molar refractivity (Wildman–Crippen MR) is 247 cm³/mol. The number of carbonyl (C=O) groups excluding carboxylic acids is 1. The van der Waals surface area contributed by atoms with Crippen LogP contribution in [-0.2, 0) is 48.4 Å². The maximum atomic E-state index is 13.3. The van der Waals surface area contributed by atoms with Gasteiger partial charge in [0, 0.05) is 47.2 Å². The SMILES string of the molecule is COc1cc2c(cc1Nc1ncnc3sc4c(c13)CC[C@H](C(=O)N1CC[C@H](N(C)C)C1)C4)C=NC2.COc1cc2c(cc1Nc1ncnc3sc4c(c13)CC[C@H](C(=O)O)C4)C=NC2. The number of aryl methyl sites for hydroxylation is 2. The van der Waals surface area contributed by atoms with Crippen LogP contribution in [0, 0.1) is 11.8 Å². The summed E-state index contributed by atoms with van der Waals surface area (Å²) in [5, 5.41) is 18.4. The highest BCUT2D eigenvalue weighted by Crippen LogP contribution is 2.44. The summed E-state index contributed by atoms with van der Waals surface area (Å²) < 4.78 is 11.2. The Bertz CT molecular complexity index is 2850. The number of hydrogen-bond donors (Lipinski definition) is 3. The number of carboxylic acids is 1. The molecule has 11 rings (SSSR count). The topological polar surface area (TPSA) is 180 Å². The van der Waals surface area contributed by atoms with Gasteiger partial charge in [-0.3, -0.25) is 19.6 Å². The third-order valence-electron chi connectivity index (χ3n) is 13.0. The molecule has 1 fully saturated rings. The zero-order valence-electron chi connectivity index (χ0n) is 35.6. The second kappa shape index (κ2) is 16.9. The summed E-state index contributed by atoms with van der Waals surface area (Å²) in [5.41, 5.74) is 8.63. The molecule has 2 aromatic carbocycles. The molecule has 0 saturated carbocycles. The van der Waals surface area contributed by atoms with Crippen LogP contribution in [-0.4, -0.2) is 107 Å². The summed E-state index contributed by atoms with van der Waals surface area (Å²) in [6.45, 7) is 3.07. The van der Waals surface area contributed by atoms with Gasteiger partial charge in [-0.1, -0.05) is 0 Å². The molecule has 0 unspecified atom stereocenters. The molecule has 4 aromatic heterocycles. The number of nitrogens with one attached hydrogen (secondary N) is 2. The Morgan fingerprint density at radius 1 is 0.746 bits per heavy atom. The number of hydrogen-bond acceptors (Lipinski definition) is 15. The fraction of sp³-hybridized carbons (Fsp3) is 0.391. The van der Waals surface area contributed by atoms with Crippen LogP contribution in [0.15, 0.2) is 46.9 Å². The van der Waals surface area contributed by atoms with Crippen molar-refractivity contribution in [2.24, 2.45) is 21.8 Å². The molecule has 7 heterocycles. The van der Waals surface area contributed by atoms with E-state index in [1.807, 2.05) is 30.6 Å². The van der Waals surface area contributed by atoms with E-state index in [1.165, 1.54) is 21.6 Å². The average molecular weight is 885 g/mol. The van der Waals surface area contributed by atoms with Crippen molar-refractivity contribution in [2.75, 3.05) is 52.0 Å². The van der Waals surface area contributed by atoms with E-state index in [9.17, 15) is 14.7 Å². The molecule has 3 N–H and O–H groups in total. The van der Waals surface area contributed by atoms with Crippen molar-refractivity contribution in [3.05, 3.63) is 80.1 Å². The number of anilines is 4. The first kappa shape index (κ1) is 41.0. The highest BCUT2D eigenvalue weighted by molar-refractivity contribution is 7.19. The van der Waals surface area contributed by atoms with Gasteiger partial charge in [0.1, 0.15) is 45.5 Å². The molecule has 1 saturated heterocycles. The van der Waals surface area contributed by atoms with Gasteiger partial charge in [0.15, 0.2) is 0 Å². The molecule has 3 atom stereocenters. The Labute approximate surface area is 372 Å². The van der Waals surface area contributed by atoms with Crippen LogP contribution in [0.5, 0.6) is 11.5 Å². The summed E-state index contributed by atoms with van der Waals surface area (Å²) in [6.07, 6.45) is 12.4. The smallest absolute Gasteiger partial charge is 0.306 e. The number of aromatic nitrogens is 4. The lowest BCUT2D eigenvalue weighted by atomic mass is 9.87. The van der Waals surface area contributed by atoms with Crippen molar-refractivity contribution in [1.82, 2.24) is 29.7 Å². The zero-order chi connectivity index (χ0) is 43.4. The van der Waals surface area contributed by atoms with Crippen molar-refractivity contribution in [3.8, 4) is 11.5 Å². The number of nitrogens with zero attached hydrogens (tertiary/aromatic N) is 8. The second-order valence-electron chi connectivity index (χ2n) is 16.9. The molecule has 63 heavy (non-hydrogen) atoms. The standard InChI is InChI=1S/C26H30N6O2S.C20H18N4O3S/c1-31(2)18-6-7-32(13-18)26(33)15-4-5-19-22(10-15)35-25-23(19)24(28-14-29-25)30-20-8-16-11-27-12-17(16)9-21(20)34-3;1-27-15-5-12-8-21-7-11(12)4-14(15)24-18-17-13-3-2-10(20(25)26)6-16(13)28-19(17)23-9-22-18/h8-9,11,14-15,18H,4-7,10,12-13H2,1-3H3,(H,28,29,30);4-5,7,9-10H,2-3,6,8H2,1H3,(H,25,26)(H,22,23,24)/t15-,18-;10-/m00/s1. The number of methoxy groups -OCH3 is 2. The van der Waals surface area contributed by atoms with Crippen LogP contribution in [0.3, 0.4) is 0 Å². The molecular weight excluding hydrogens is 837 g/mol. The third kappa shape index (κ3) is 7.75. The van der Waals surface area contributed by atoms with Crippen LogP contribution in [0.4, 0.5) is 23.0 Å². The van der Waals surface area contributed by atoms with Crippen LogP contribution in [0.1, 0.15) is 62.4 Å². The van der Waals surface area contributed by atoms with Gasteiger partial charge in [-0.25, -0.2) is 19.9 Å².